The quantitative estimate of drug-likeness (QED) is 0.252. The molecule has 2 aliphatic rings. The Kier molecular flexibility index (Phi) is 8.19. The van der Waals surface area contributed by atoms with Gasteiger partial charge in [-0.3, -0.25) is 14.2 Å². The van der Waals surface area contributed by atoms with E-state index in [1.54, 1.807) is 5.48 Å². The lowest BCUT2D eigenvalue weighted by molar-refractivity contribution is -0.140. The molecule has 27 heavy (non-hydrogen) atoms. The van der Waals surface area contributed by atoms with E-state index in [0.29, 0.717) is 18.8 Å². The van der Waals surface area contributed by atoms with Crippen LogP contribution in [0.1, 0.15) is 32.1 Å². The highest BCUT2D eigenvalue weighted by atomic mass is 32.3. The highest BCUT2D eigenvalue weighted by Gasteiger charge is 2.33. The number of amides is 3. The van der Waals surface area contributed by atoms with Crippen molar-refractivity contribution in [1.29, 1.82) is 0 Å². The smallest absolute Gasteiger partial charge is 0.325 e. The minimum absolute atomic E-state index is 0.154. The van der Waals surface area contributed by atoms with Gasteiger partial charge in [0, 0.05) is 12.6 Å². The average molecular weight is 409 g/mol. The molecule has 3 amide bonds. The average Bonchev–Trinajstić information content (AvgIpc) is 2.66. The molecule has 2 fully saturated rings. The first-order chi connectivity index (χ1) is 12.8. The van der Waals surface area contributed by atoms with Crippen LogP contribution >= 0.6 is 0 Å². The van der Waals surface area contributed by atoms with E-state index in [9.17, 15) is 18.0 Å². The van der Waals surface area contributed by atoms with Gasteiger partial charge in [-0.15, -0.1) is 4.28 Å². The summed E-state index contributed by atoms with van der Waals surface area (Å²) in [6.07, 6.45) is 3.64. The Hall–Kier alpha value is -1.51. The maximum absolute atomic E-state index is 12.4. The molecule has 2 rings (SSSR count). The van der Waals surface area contributed by atoms with Gasteiger partial charge in [-0.1, -0.05) is 0 Å². The molecule has 0 aliphatic carbocycles. The van der Waals surface area contributed by atoms with Gasteiger partial charge in [-0.2, -0.15) is 13.9 Å². The zero-order valence-corrected chi connectivity index (χ0v) is 15.7. The lowest BCUT2D eigenvalue weighted by Gasteiger charge is -2.34. The van der Waals surface area contributed by atoms with Crippen LogP contribution in [0.25, 0.3) is 0 Å². The molecule has 0 aromatic rings. The highest BCUT2D eigenvalue weighted by molar-refractivity contribution is 7.80. The first kappa shape index (κ1) is 21.8. The van der Waals surface area contributed by atoms with E-state index < -0.39 is 28.4 Å². The van der Waals surface area contributed by atoms with E-state index in [4.69, 9.17) is 15.1 Å². The lowest BCUT2D eigenvalue weighted by atomic mass is 9.91. The Balaban J connectivity index is 1.80. The third kappa shape index (κ3) is 7.20. The van der Waals surface area contributed by atoms with Crippen LogP contribution in [0.5, 0.6) is 0 Å². The Labute approximate surface area is 158 Å². The molecule has 0 radical (unpaired) electrons. The Bertz CT molecular complexity index is 611. The summed E-state index contributed by atoms with van der Waals surface area (Å²) in [5, 5.41) is 3.25. The first-order valence-electron chi connectivity index (χ1n) is 8.88. The maximum Gasteiger partial charge on any atom is 0.418 e. The number of urea groups is 1. The molecule has 2 atom stereocenters. The second kappa shape index (κ2) is 10.1. The van der Waals surface area contributed by atoms with E-state index in [2.05, 4.69) is 15.1 Å². The largest absolute Gasteiger partial charge is 0.418 e. The van der Waals surface area contributed by atoms with Crippen molar-refractivity contribution in [1.82, 2.24) is 21.2 Å². The molecule has 0 saturated carbocycles. The molecule has 156 valence electrons. The maximum atomic E-state index is 12.4. The summed E-state index contributed by atoms with van der Waals surface area (Å²) < 4.78 is 33.5. The van der Waals surface area contributed by atoms with E-state index >= 15 is 0 Å². The number of carbonyl (C=O) groups is 2. The van der Waals surface area contributed by atoms with Crippen molar-refractivity contribution in [3.8, 4) is 0 Å². The van der Waals surface area contributed by atoms with Crippen LogP contribution in [0.3, 0.4) is 0 Å². The summed E-state index contributed by atoms with van der Waals surface area (Å²) in [6, 6.07) is -2.00. The molecule has 2 saturated heterocycles. The number of likely N-dealkylation sites (tertiary alicyclic amines) is 1. The summed E-state index contributed by atoms with van der Waals surface area (Å²) in [7, 11) is -4.83. The number of hydroxylamine groups is 2. The number of nitrogens with zero attached hydrogens (tertiary/aromatic N) is 1. The molecule has 0 aromatic heterocycles. The number of rotatable bonds is 7. The second-order valence-corrected chi connectivity index (χ2v) is 7.67. The minimum Gasteiger partial charge on any atom is -0.325 e. The van der Waals surface area contributed by atoms with E-state index in [0.717, 1.165) is 37.3 Å². The van der Waals surface area contributed by atoms with Crippen LogP contribution < -0.4 is 22.0 Å². The molecule has 13 heteroatoms. The molecule has 6 N–H and O–H groups in total. The number of nitrogens with two attached hydrogens (primary N) is 1. The molecular formula is C14H27N5O7S. The summed E-state index contributed by atoms with van der Waals surface area (Å²) in [5.41, 5.74) is 10.0. The number of nitrogens with one attached hydrogen (secondary N) is 3. The fourth-order valence-electron chi connectivity index (χ4n) is 3.28. The highest BCUT2D eigenvalue weighted by Crippen LogP contribution is 2.18. The summed E-state index contributed by atoms with van der Waals surface area (Å²) in [5.74, 6) is -0.216. The van der Waals surface area contributed by atoms with Gasteiger partial charge < -0.3 is 16.0 Å². The lowest BCUT2D eigenvalue weighted by Crippen LogP contribution is -2.55. The normalized spacial score (nSPS) is 22.9. The fourth-order valence-corrected chi connectivity index (χ4v) is 3.46. The second-order valence-electron chi connectivity index (χ2n) is 6.65. The van der Waals surface area contributed by atoms with Gasteiger partial charge in [-0.05, 0) is 51.1 Å². The Morgan fingerprint density at radius 3 is 2.59 bits per heavy atom. The molecular weight excluding hydrogens is 382 g/mol. The van der Waals surface area contributed by atoms with Gasteiger partial charge in [0.1, 0.15) is 6.04 Å². The van der Waals surface area contributed by atoms with Crippen LogP contribution in [0.4, 0.5) is 4.79 Å². The van der Waals surface area contributed by atoms with Crippen LogP contribution in [0.15, 0.2) is 0 Å². The molecule has 2 heterocycles. The summed E-state index contributed by atoms with van der Waals surface area (Å²) >= 11 is 0. The number of hydrogen-bond donors (Lipinski definition) is 5. The number of hydrogen-bond acceptors (Lipinski definition) is 8. The van der Waals surface area contributed by atoms with Gasteiger partial charge >= 0.3 is 16.4 Å². The van der Waals surface area contributed by atoms with Crippen LogP contribution in [-0.4, -0.2) is 68.1 Å². The first-order valence-corrected chi connectivity index (χ1v) is 10.2. The van der Waals surface area contributed by atoms with E-state index in [1.165, 1.54) is 0 Å². The SMILES string of the molecule is NC(CONC(=O)[C@@H]1CCCCN1C(=O)NOS(=O)(=O)O)C1CCNCC1. The predicted octanol–water partition coefficient (Wildman–Crippen LogP) is -1.34. The van der Waals surface area contributed by atoms with Crippen molar-refractivity contribution in [2.24, 2.45) is 11.7 Å². The third-order valence-corrected chi connectivity index (χ3v) is 5.03. The van der Waals surface area contributed by atoms with E-state index in [1.807, 2.05) is 0 Å². The Morgan fingerprint density at radius 1 is 1.22 bits per heavy atom. The monoisotopic (exact) mass is 409 g/mol. The van der Waals surface area contributed by atoms with E-state index in [-0.39, 0.29) is 19.2 Å². The molecule has 0 aromatic carbocycles. The zero-order valence-electron chi connectivity index (χ0n) is 14.9. The fraction of sp³-hybridized carbons (Fsp3) is 0.857. The van der Waals surface area contributed by atoms with Crippen LogP contribution in [0.2, 0.25) is 0 Å². The van der Waals surface area contributed by atoms with Gasteiger partial charge in [-0.25, -0.2) is 10.3 Å². The van der Waals surface area contributed by atoms with Crippen molar-refractivity contribution in [2.45, 2.75) is 44.2 Å². The third-order valence-electron chi connectivity index (χ3n) is 4.74. The number of piperidine rings is 2. The number of carbonyl (C=O) groups excluding carboxylic acids is 2. The van der Waals surface area contributed by atoms with Crippen LogP contribution in [0, 0.1) is 5.92 Å². The summed E-state index contributed by atoms with van der Waals surface area (Å²) in [4.78, 5) is 30.7. The van der Waals surface area contributed by atoms with Crippen molar-refractivity contribution in [2.75, 3.05) is 26.2 Å². The molecule has 2 aliphatic heterocycles. The minimum atomic E-state index is -4.83. The summed E-state index contributed by atoms with van der Waals surface area (Å²) in [6.45, 7) is 2.19. The van der Waals surface area contributed by atoms with Crippen LogP contribution in [-0.2, 0) is 24.3 Å². The topological polar surface area (TPSA) is 172 Å². The van der Waals surface area contributed by atoms with Gasteiger partial charge in [0.15, 0.2) is 0 Å². The predicted molar refractivity (Wildman–Crippen MR) is 93.2 cm³/mol. The standard InChI is InChI=1S/C14H27N5O7S/c15-11(10-4-6-16-7-5-10)9-25-17-13(20)12-3-1-2-8-19(12)14(21)18-26-27(22,23)24/h10-12,16H,1-9,15H2,(H,17,20)(H,18,21)(H,22,23,24)/t11?,12-/m0/s1. The molecule has 0 bridgehead atoms. The Morgan fingerprint density at radius 2 is 1.93 bits per heavy atom. The van der Waals surface area contributed by atoms with Gasteiger partial charge in [0.05, 0.1) is 6.61 Å². The van der Waals surface area contributed by atoms with Gasteiger partial charge in [0.2, 0.25) is 0 Å². The molecule has 0 spiro atoms. The van der Waals surface area contributed by atoms with Crippen molar-refractivity contribution in [3.05, 3.63) is 0 Å². The van der Waals surface area contributed by atoms with Crippen molar-refractivity contribution in [3.63, 3.8) is 0 Å². The van der Waals surface area contributed by atoms with Crippen molar-refractivity contribution < 1.29 is 31.7 Å². The van der Waals surface area contributed by atoms with Gasteiger partial charge in [0.25, 0.3) is 5.91 Å². The molecule has 1 unspecified atom stereocenters. The molecule has 12 nitrogen and oxygen atoms in total. The zero-order chi connectivity index (χ0) is 19.9. The van der Waals surface area contributed by atoms with Crippen molar-refractivity contribution >= 4 is 22.3 Å².